The van der Waals surface area contributed by atoms with Gasteiger partial charge in [-0.25, -0.2) is 0 Å². The summed E-state index contributed by atoms with van der Waals surface area (Å²) in [6.45, 7) is 5.29. The summed E-state index contributed by atoms with van der Waals surface area (Å²) in [6, 6.07) is 0. The molecule has 0 amide bonds. The summed E-state index contributed by atoms with van der Waals surface area (Å²) in [6.07, 6.45) is 0. The van der Waals surface area contributed by atoms with Gasteiger partial charge in [0, 0.05) is 5.75 Å². The van der Waals surface area contributed by atoms with Crippen molar-refractivity contribution in [1.82, 2.24) is 10.2 Å². The van der Waals surface area contributed by atoms with E-state index in [4.69, 9.17) is 5.11 Å². The second kappa shape index (κ2) is 4.27. The van der Waals surface area contributed by atoms with E-state index in [0.717, 1.165) is 9.35 Å². The average molecular weight is 232 g/mol. The fourth-order valence-corrected chi connectivity index (χ4v) is 2.54. The molecule has 0 aliphatic rings. The molecule has 1 aromatic heterocycles. The standard InChI is InChI=1S/C8H12N2O2S2/c1-5-9-10-7(14-5)13-4-8(2,3)6(11)12/h4H2,1-3H3,(H,11,12). The highest BCUT2D eigenvalue weighted by Gasteiger charge is 2.27. The first kappa shape index (κ1) is 11.5. The van der Waals surface area contributed by atoms with Crippen LogP contribution >= 0.6 is 23.1 Å². The van der Waals surface area contributed by atoms with E-state index in [2.05, 4.69) is 10.2 Å². The quantitative estimate of drug-likeness (QED) is 0.805. The third-order valence-corrected chi connectivity index (χ3v) is 4.07. The number of aryl methyl sites for hydroxylation is 1. The number of carboxylic acid groups (broad SMARTS) is 1. The van der Waals surface area contributed by atoms with Crippen LogP contribution in [0, 0.1) is 12.3 Å². The Morgan fingerprint density at radius 3 is 2.64 bits per heavy atom. The smallest absolute Gasteiger partial charge is 0.309 e. The van der Waals surface area contributed by atoms with Gasteiger partial charge in [-0.15, -0.1) is 10.2 Å². The molecule has 0 radical (unpaired) electrons. The predicted octanol–water partition coefficient (Wildman–Crippen LogP) is 2.05. The molecule has 4 nitrogen and oxygen atoms in total. The first-order valence-electron chi connectivity index (χ1n) is 4.08. The Bertz CT molecular complexity index is 336. The van der Waals surface area contributed by atoms with Crippen molar-refractivity contribution in [3.05, 3.63) is 5.01 Å². The maximum Gasteiger partial charge on any atom is 0.309 e. The van der Waals surface area contributed by atoms with Gasteiger partial charge in [-0.2, -0.15) is 0 Å². The Morgan fingerprint density at radius 1 is 1.57 bits per heavy atom. The van der Waals surface area contributed by atoms with Crippen LogP contribution in [-0.4, -0.2) is 27.0 Å². The first-order valence-corrected chi connectivity index (χ1v) is 5.88. The summed E-state index contributed by atoms with van der Waals surface area (Å²) in [4.78, 5) is 10.8. The maximum absolute atomic E-state index is 10.8. The van der Waals surface area contributed by atoms with Crippen LogP contribution in [-0.2, 0) is 4.79 Å². The third-order valence-electron chi connectivity index (χ3n) is 1.64. The molecule has 1 aromatic rings. The minimum atomic E-state index is -0.786. The van der Waals surface area contributed by atoms with Gasteiger partial charge in [-0.1, -0.05) is 23.1 Å². The van der Waals surface area contributed by atoms with Crippen LogP contribution < -0.4 is 0 Å². The number of carboxylic acids is 1. The number of hydrogen-bond donors (Lipinski definition) is 1. The Labute approximate surface area is 90.7 Å². The van der Waals surface area contributed by atoms with E-state index in [1.165, 1.54) is 23.1 Å². The summed E-state index contributed by atoms with van der Waals surface area (Å²) in [5, 5.41) is 17.6. The van der Waals surface area contributed by atoms with Crippen molar-refractivity contribution in [3.63, 3.8) is 0 Å². The average Bonchev–Trinajstić information content (AvgIpc) is 2.48. The maximum atomic E-state index is 10.8. The van der Waals surface area contributed by atoms with Gasteiger partial charge in [0.15, 0.2) is 4.34 Å². The number of nitrogens with zero attached hydrogens (tertiary/aromatic N) is 2. The number of rotatable bonds is 4. The molecule has 0 saturated carbocycles. The van der Waals surface area contributed by atoms with E-state index in [-0.39, 0.29) is 0 Å². The molecule has 0 unspecified atom stereocenters. The molecule has 0 saturated heterocycles. The van der Waals surface area contributed by atoms with E-state index >= 15 is 0 Å². The van der Waals surface area contributed by atoms with Gasteiger partial charge < -0.3 is 5.11 Å². The normalized spacial score (nSPS) is 11.6. The zero-order valence-corrected chi connectivity index (χ0v) is 9.91. The number of aliphatic carboxylic acids is 1. The predicted molar refractivity (Wildman–Crippen MR) is 56.8 cm³/mol. The number of carbonyl (C=O) groups is 1. The lowest BCUT2D eigenvalue weighted by Crippen LogP contribution is -2.26. The SMILES string of the molecule is Cc1nnc(SCC(C)(C)C(=O)O)s1. The Kier molecular flexibility index (Phi) is 3.49. The fraction of sp³-hybridized carbons (Fsp3) is 0.625. The molecule has 14 heavy (non-hydrogen) atoms. The van der Waals surface area contributed by atoms with Crippen LogP contribution in [0.15, 0.2) is 4.34 Å². The molecule has 0 aliphatic carbocycles. The van der Waals surface area contributed by atoms with Crippen LogP contribution in [0.2, 0.25) is 0 Å². The van der Waals surface area contributed by atoms with Crippen molar-refractivity contribution in [2.24, 2.45) is 5.41 Å². The molecule has 78 valence electrons. The van der Waals surface area contributed by atoms with Crippen molar-refractivity contribution in [2.45, 2.75) is 25.1 Å². The molecule has 1 N–H and O–H groups in total. The summed E-state index contributed by atoms with van der Waals surface area (Å²) in [7, 11) is 0. The molecule has 0 spiro atoms. The molecule has 0 aromatic carbocycles. The van der Waals surface area contributed by atoms with Gasteiger partial charge in [-0.3, -0.25) is 4.79 Å². The number of thioether (sulfide) groups is 1. The Morgan fingerprint density at radius 2 is 2.21 bits per heavy atom. The Balaban J connectivity index is 2.52. The molecule has 0 fully saturated rings. The van der Waals surface area contributed by atoms with E-state index in [1.54, 1.807) is 13.8 Å². The lowest BCUT2D eigenvalue weighted by molar-refractivity contribution is -0.145. The van der Waals surface area contributed by atoms with Crippen molar-refractivity contribution < 1.29 is 9.90 Å². The minimum absolute atomic E-state index is 0.511. The van der Waals surface area contributed by atoms with Crippen molar-refractivity contribution in [2.75, 3.05) is 5.75 Å². The van der Waals surface area contributed by atoms with Crippen LogP contribution in [0.1, 0.15) is 18.9 Å². The highest BCUT2D eigenvalue weighted by Crippen LogP contribution is 2.29. The zero-order valence-electron chi connectivity index (χ0n) is 8.27. The van der Waals surface area contributed by atoms with E-state index < -0.39 is 11.4 Å². The van der Waals surface area contributed by atoms with E-state index in [1.807, 2.05) is 6.92 Å². The highest BCUT2D eigenvalue weighted by atomic mass is 32.2. The lowest BCUT2D eigenvalue weighted by Gasteiger charge is -2.16. The fourth-order valence-electron chi connectivity index (χ4n) is 0.641. The van der Waals surface area contributed by atoms with Gasteiger partial charge >= 0.3 is 5.97 Å². The molecule has 1 heterocycles. The van der Waals surface area contributed by atoms with E-state index in [9.17, 15) is 4.79 Å². The summed E-state index contributed by atoms with van der Waals surface area (Å²) in [5.41, 5.74) is -0.718. The molecule has 1 rings (SSSR count). The van der Waals surface area contributed by atoms with Gasteiger partial charge in [0.25, 0.3) is 0 Å². The van der Waals surface area contributed by atoms with Crippen molar-refractivity contribution in [3.8, 4) is 0 Å². The summed E-state index contributed by atoms with van der Waals surface area (Å²) >= 11 is 2.93. The van der Waals surface area contributed by atoms with Crippen LogP contribution in [0.25, 0.3) is 0 Å². The lowest BCUT2D eigenvalue weighted by atomic mass is 9.97. The van der Waals surface area contributed by atoms with Gasteiger partial charge in [0.05, 0.1) is 5.41 Å². The first-order chi connectivity index (χ1) is 6.42. The Hall–Kier alpha value is -0.620. The summed E-state index contributed by atoms with van der Waals surface area (Å²) < 4.78 is 0.830. The molecular formula is C8H12N2O2S2. The minimum Gasteiger partial charge on any atom is -0.481 e. The molecule has 0 bridgehead atoms. The van der Waals surface area contributed by atoms with Gasteiger partial charge in [-0.05, 0) is 20.8 Å². The highest BCUT2D eigenvalue weighted by molar-refractivity contribution is 8.01. The van der Waals surface area contributed by atoms with Crippen LogP contribution in [0.5, 0.6) is 0 Å². The van der Waals surface area contributed by atoms with Gasteiger partial charge in [0.1, 0.15) is 5.01 Å². The van der Waals surface area contributed by atoms with Crippen LogP contribution in [0.3, 0.4) is 0 Å². The second-order valence-electron chi connectivity index (χ2n) is 3.56. The number of hydrogen-bond acceptors (Lipinski definition) is 5. The number of aromatic nitrogens is 2. The molecule has 0 aliphatic heterocycles. The largest absolute Gasteiger partial charge is 0.481 e. The van der Waals surface area contributed by atoms with E-state index in [0.29, 0.717) is 5.75 Å². The zero-order chi connectivity index (χ0) is 10.8. The summed E-state index contributed by atoms with van der Waals surface area (Å²) in [5.74, 6) is -0.275. The topological polar surface area (TPSA) is 63.1 Å². The molecule has 0 atom stereocenters. The second-order valence-corrected chi connectivity index (χ2v) is 5.97. The third kappa shape index (κ3) is 2.95. The monoisotopic (exact) mass is 232 g/mol. The van der Waals surface area contributed by atoms with Crippen LogP contribution in [0.4, 0.5) is 0 Å². The van der Waals surface area contributed by atoms with Crippen molar-refractivity contribution in [1.29, 1.82) is 0 Å². The molecule has 6 heteroatoms. The van der Waals surface area contributed by atoms with Gasteiger partial charge in [0.2, 0.25) is 0 Å². The van der Waals surface area contributed by atoms with Crippen molar-refractivity contribution >= 4 is 29.1 Å². The molecular weight excluding hydrogens is 220 g/mol.